The van der Waals surface area contributed by atoms with E-state index in [0.717, 1.165) is 30.2 Å². The van der Waals surface area contributed by atoms with Crippen LogP contribution in [0.4, 0.5) is 0 Å². The van der Waals surface area contributed by atoms with Crippen molar-refractivity contribution in [2.24, 2.45) is 5.92 Å². The zero-order valence-corrected chi connectivity index (χ0v) is 16.4. The summed E-state index contributed by atoms with van der Waals surface area (Å²) in [5, 5.41) is 0.839. The molecule has 3 nitrogen and oxygen atoms in total. The van der Waals surface area contributed by atoms with Gasteiger partial charge in [-0.2, -0.15) is 0 Å². The van der Waals surface area contributed by atoms with Crippen LogP contribution in [0.5, 0.6) is 0 Å². The average Bonchev–Trinajstić information content (AvgIpc) is 2.41. The highest BCUT2D eigenvalue weighted by Crippen LogP contribution is 2.35. The summed E-state index contributed by atoms with van der Waals surface area (Å²) in [5.74, 6) is 0.651. The number of benzene rings is 1. The molecule has 0 bridgehead atoms. The lowest BCUT2D eigenvalue weighted by Gasteiger charge is -2.38. The Kier molecular flexibility index (Phi) is 5.80. The Balaban J connectivity index is 2.27. The molecule has 0 radical (unpaired) electrons. The van der Waals surface area contributed by atoms with Crippen LogP contribution < -0.4 is 4.72 Å². The minimum atomic E-state index is -3.63. The maximum absolute atomic E-state index is 12.6. The fraction of sp³-hybridized carbons (Fsp3) is 0.571. The van der Waals surface area contributed by atoms with E-state index in [-0.39, 0.29) is 9.92 Å². The second-order valence-electron chi connectivity index (χ2n) is 5.78. The Morgan fingerprint density at radius 1 is 1.38 bits per heavy atom. The van der Waals surface area contributed by atoms with Gasteiger partial charge in [-0.1, -0.05) is 50.4 Å². The number of halogens is 3. The second kappa shape index (κ2) is 6.87. The molecular weight excluding hydrogens is 441 g/mol. The van der Waals surface area contributed by atoms with E-state index in [1.165, 1.54) is 6.07 Å². The van der Waals surface area contributed by atoms with Gasteiger partial charge in [-0.05, 0) is 49.8 Å². The number of hydrogen-bond acceptors (Lipinski definition) is 2. The maximum Gasteiger partial charge on any atom is 0.242 e. The normalized spacial score (nSPS) is 26.8. The lowest BCUT2D eigenvalue weighted by atomic mass is 9.79. The van der Waals surface area contributed by atoms with Crippen molar-refractivity contribution in [2.45, 2.75) is 43.0 Å². The molecule has 2 rings (SSSR count). The number of alkyl halides is 1. The van der Waals surface area contributed by atoms with Crippen LogP contribution in [0.2, 0.25) is 5.02 Å². The monoisotopic (exact) mass is 457 g/mol. The summed E-state index contributed by atoms with van der Waals surface area (Å²) in [4.78, 5) is 0.131. The third-order valence-corrected chi connectivity index (χ3v) is 7.65. The largest absolute Gasteiger partial charge is 0.242 e. The van der Waals surface area contributed by atoms with Crippen molar-refractivity contribution in [3.8, 4) is 0 Å². The summed E-state index contributed by atoms with van der Waals surface area (Å²) in [7, 11) is -3.63. The molecule has 7 heteroatoms. The van der Waals surface area contributed by atoms with Gasteiger partial charge in [0, 0.05) is 15.3 Å². The van der Waals surface area contributed by atoms with Crippen molar-refractivity contribution in [3.05, 3.63) is 27.7 Å². The van der Waals surface area contributed by atoms with E-state index < -0.39 is 15.6 Å². The highest BCUT2D eigenvalue weighted by atomic mass is 79.9. The van der Waals surface area contributed by atoms with Gasteiger partial charge >= 0.3 is 0 Å². The van der Waals surface area contributed by atoms with Crippen molar-refractivity contribution in [1.82, 2.24) is 4.72 Å². The van der Waals surface area contributed by atoms with Crippen molar-refractivity contribution in [1.29, 1.82) is 0 Å². The molecule has 1 N–H and O–H groups in total. The van der Waals surface area contributed by atoms with Gasteiger partial charge in [-0.25, -0.2) is 13.1 Å². The van der Waals surface area contributed by atoms with E-state index in [1.807, 2.05) is 0 Å². The molecule has 21 heavy (non-hydrogen) atoms. The van der Waals surface area contributed by atoms with Gasteiger partial charge < -0.3 is 0 Å². The summed E-state index contributed by atoms with van der Waals surface area (Å²) in [6.07, 6.45) is 3.74. The lowest BCUT2D eigenvalue weighted by Crippen LogP contribution is -2.51. The highest BCUT2D eigenvalue weighted by molar-refractivity contribution is 9.10. The fourth-order valence-electron chi connectivity index (χ4n) is 2.61. The number of sulfonamides is 1. The predicted octanol–water partition coefficient (Wildman–Crippen LogP) is 4.72. The Labute approximate surface area is 148 Å². The molecule has 1 aromatic rings. The van der Waals surface area contributed by atoms with Gasteiger partial charge in [-0.15, -0.1) is 0 Å². The van der Waals surface area contributed by atoms with E-state index in [4.69, 9.17) is 11.6 Å². The van der Waals surface area contributed by atoms with Gasteiger partial charge in [0.15, 0.2) is 0 Å². The molecule has 0 aliphatic heterocycles. The van der Waals surface area contributed by atoms with E-state index in [0.29, 0.717) is 11.2 Å². The zero-order chi connectivity index (χ0) is 15.7. The average molecular weight is 460 g/mol. The molecule has 1 aliphatic rings. The summed E-state index contributed by atoms with van der Waals surface area (Å²) in [6, 6.07) is 4.81. The summed E-state index contributed by atoms with van der Waals surface area (Å²) >= 11 is 12.8. The Hall–Kier alpha value is 0.380. The zero-order valence-electron chi connectivity index (χ0n) is 11.7. The predicted molar refractivity (Wildman–Crippen MR) is 93.6 cm³/mol. The van der Waals surface area contributed by atoms with Crippen LogP contribution in [0.15, 0.2) is 27.6 Å². The number of rotatable bonds is 4. The fourth-order valence-corrected chi connectivity index (χ4v) is 5.99. The summed E-state index contributed by atoms with van der Waals surface area (Å²) in [5.41, 5.74) is -0.415. The second-order valence-corrected chi connectivity index (χ2v) is 9.31. The van der Waals surface area contributed by atoms with Crippen molar-refractivity contribution in [2.75, 3.05) is 5.33 Å². The molecule has 0 atom stereocenters. The van der Waals surface area contributed by atoms with Gasteiger partial charge in [-0.3, -0.25) is 0 Å². The van der Waals surface area contributed by atoms with E-state index in [2.05, 4.69) is 43.5 Å². The molecule has 0 unspecified atom stereocenters. The molecule has 1 saturated carbocycles. The Morgan fingerprint density at radius 2 is 2.00 bits per heavy atom. The molecule has 0 aromatic heterocycles. The van der Waals surface area contributed by atoms with Crippen LogP contribution in [0.1, 0.15) is 32.6 Å². The first kappa shape index (κ1) is 17.7. The molecule has 1 aromatic carbocycles. The third kappa shape index (κ3) is 4.22. The molecule has 0 heterocycles. The van der Waals surface area contributed by atoms with Crippen LogP contribution in [0.3, 0.4) is 0 Å². The van der Waals surface area contributed by atoms with Gasteiger partial charge in [0.1, 0.15) is 4.90 Å². The van der Waals surface area contributed by atoms with Crippen molar-refractivity contribution in [3.63, 3.8) is 0 Å². The third-order valence-electron chi connectivity index (χ3n) is 4.02. The quantitative estimate of drug-likeness (QED) is 0.662. The number of nitrogens with one attached hydrogen (secondary N) is 1. The standard InChI is InChI=1S/C14H18Br2ClNO2S/c1-10-4-6-14(9-15,7-5-10)18-21(19,20)13-3-2-11(16)8-12(13)17/h2-3,8,10,18H,4-7,9H2,1H3. The lowest BCUT2D eigenvalue weighted by molar-refractivity contribution is 0.250. The van der Waals surface area contributed by atoms with E-state index >= 15 is 0 Å². The molecule has 1 fully saturated rings. The van der Waals surface area contributed by atoms with Crippen LogP contribution in [-0.2, 0) is 10.0 Å². The van der Waals surface area contributed by atoms with Crippen molar-refractivity contribution < 1.29 is 8.42 Å². The topological polar surface area (TPSA) is 46.2 Å². The minimum absolute atomic E-state index is 0.131. The summed E-state index contributed by atoms with van der Waals surface area (Å²) in [6.45, 7) is 2.21. The molecule has 0 saturated heterocycles. The maximum atomic E-state index is 12.6. The van der Waals surface area contributed by atoms with E-state index in [9.17, 15) is 8.42 Å². The van der Waals surface area contributed by atoms with Crippen LogP contribution in [-0.4, -0.2) is 19.3 Å². The van der Waals surface area contributed by atoms with Gasteiger partial charge in [0.25, 0.3) is 0 Å². The summed E-state index contributed by atoms with van der Waals surface area (Å²) < 4.78 is 28.9. The van der Waals surface area contributed by atoms with Crippen LogP contribution >= 0.6 is 43.5 Å². The Morgan fingerprint density at radius 3 is 2.52 bits per heavy atom. The number of hydrogen-bond donors (Lipinski definition) is 1. The van der Waals surface area contributed by atoms with Gasteiger partial charge in [0.05, 0.1) is 5.02 Å². The first-order chi connectivity index (χ1) is 9.78. The molecule has 118 valence electrons. The first-order valence-corrected chi connectivity index (χ1v) is 10.6. The molecule has 0 amide bonds. The smallest absolute Gasteiger partial charge is 0.207 e. The highest BCUT2D eigenvalue weighted by Gasteiger charge is 2.37. The van der Waals surface area contributed by atoms with Crippen molar-refractivity contribution >= 4 is 53.5 Å². The first-order valence-electron chi connectivity index (χ1n) is 6.83. The molecule has 1 aliphatic carbocycles. The Bertz CT molecular complexity index is 613. The molecular formula is C14H18Br2ClNO2S. The van der Waals surface area contributed by atoms with Gasteiger partial charge in [0.2, 0.25) is 10.0 Å². The van der Waals surface area contributed by atoms with Crippen LogP contribution in [0, 0.1) is 5.92 Å². The SMILES string of the molecule is CC1CCC(CBr)(NS(=O)(=O)c2ccc(Br)cc2Cl)CC1. The minimum Gasteiger partial charge on any atom is -0.207 e. The molecule has 0 spiro atoms. The van der Waals surface area contributed by atoms with E-state index in [1.54, 1.807) is 12.1 Å². The van der Waals surface area contributed by atoms with Crippen LogP contribution in [0.25, 0.3) is 0 Å².